The number of fused-ring (bicyclic) bond motifs is 1. The fraction of sp³-hybridized carbons (Fsp3) is 0.381. The Hall–Kier alpha value is -1.85. The van der Waals surface area contributed by atoms with Gasteiger partial charge >= 0.3 is 0 Å². The molecule has 0 bridgehead atoms. The number of nitrogens with one attached hydrogen (secondary N) is 1. The number of hydrogen-bond donors (Lipinski definition) is 1. The lowest BCUT2D eigenvalue weighted by molar-refractivity contribution is 0.0925. The first-order valence-corrected chi connectivity index (χ1v) is 9.84. The van der Waals surface area contributed by atoms with E-state index in [9.17, 15) is 4.79 Å². The number of carbonyl (C=O) groups excluding carboxylic acids is 1. The van der Waals surface area contributed by atoms with Gasteiger partial charge in [-0.3, -0.25) is 9.69 Å². The zero-order valence-electron chi connectivity index (χ0n) is 15.3. The Balaban J connectivity index is 1.63. The molecule has 1 N–H and O–H groups in total. The number of halogens is 1. The third-order valence-electron chi connectivity index (χ3n) is 5.06. The lowest BCUT2D eigenvalue weighted by atomic mass is 9.98. The molecule has 3 rings (SSSR count). The molecule has 1 aliphatic heterocycles. The number of nitrogens with zero attached hydrogens (tertiary/aromatic N) is 1. The van der Waals surface area contributed by atoms with Crippen LogP contribution in [0.5, 0.6) is 5.75 Å². The van der Waals surface area contributed by atoms with E-state index in [1.807, 2.05) is 12.1 Å². The molecule has 26 heavy (non-hydrogen) atoms. The molecule has 138 valence electrons. The van der Waals surface area contributed by atoms with Crippen LogP contribution in [0.3, 0.4) is 0 Å². The molecule has 0 saturated carbocycles. The Morgan fingerprint density at radius 3 is 2.77 bits per heavy atom. The predicted octanol–water partition coefficient (Wildman–Crippen LogP) is 4.02. The maximum atomic E-state index is 12.6. The summed E-state index contributed by atoms with van der Waals surface area (Å²) in [6.45, 7) is 4.81. The SMILES string of the molecule is CC[C@@H](CNC(=O)c1cc(OC)ccc1Br)N1CCc2ccccc2C1. The molecule has 0 saturated heterocycles. The van der Waals surface area contributed by atoms with E-state index in [0.717, 1.165) is 30.4 Å². The molecular weight excluding hydrogens is 392 g/mol. The number of benzene rings is 2. The Morgan fingerprint density at radius 2 is 2.04 bits per heavy atom. The highest BCUT2D eigenvalue weighted by Crippen LogP contribution is 2.23. The summed E-state index contributed by atoms with van der Waals surface area (Å²) in [5.74, 6) is 0.602. The summed E-state index contributed by atoms with van der Waals surface area (Å²) < 4.78 is 6.00. The van der Waals surface area contributed by atoms with E-state index < -0.39 is 0 Å². The molecule has 1 amide bonds. The molecule has 0 unspecified atom stereocenters. The monoisotopic (exact) mass is 416 g/mol. The fourth-order valence-corrected chi connectivity index (χ4v) is 3.90. The summed E-state index contributed by atoms with van der Waals surface area (Å²) >= 11 is 3.45. The predicted molar refractivity (Wildman–Crippen MR) is 108 cm³/mol. The van der Waals surface area contributed by atoms with Crippen molar-refractivity contribution < 1.29 is 9.53 Å². The molecule has 0 aliphatic carbocycles. The minimum atomic E-state index is -0.0772. The molecule has 2 aromatic rings. The van der Waals surface area contributed by atoms with Gasteiger partial charge in [0.25, 0.3) is 5.91 Å². The number of ether oxygens (including phenoxy) is 1. The number of methoxy groups -OCH3 is 1. The second-order valence-electron chi connectivity index (χ2n) is 6.61. The molecule has 0 fully saturated rings. The van der Waals surface area contributed by atoms with Crippen molar-refractivity contribution in [2.75, 3.05) is 20.2 Å². The number of hydrogen-bond acceptors (Lipinski definition) is 3. The van der Waals surface area contributed by atoms with Gasteiger partial charge in [-0.25, -0.2) is 0 Å². The Bertz CT molecular complexity index is 778. The van der Waals surface area contributed by atoms with Crippen LogP contribution in [-0.2, 0) is 13.0 Å². The second-order valence-corrected chi connectivity index (χ2v) is 7.46. The van der Waals surface area contributed by atoms with E-state index in [2.05, 4.69) is 57.3 Å². The van der Waals surface area contributed by atoms with Gasteiger partial charge in [-0.15, -0.1) is 0 Å². The topological polar surface area (TPSA) is 41.6 Å². The Kier molecular flexibility index (Phi) is 6.33. The van der Waals surface area contributed by atoms with Crippen LogP contribution in [0.15, 0.2) is 46.9 Å². The molecule has 1 aliphatic rings. The zero-order chi connectivity index (χ0) is 18.5. The Labute approximate surface area is 163 Å². The lowest BCUT2D eigenvalue weighted by Gasteiger charge is -2.35. The summed E-state index contributed by atoms with van der Waals surface area (Å²) in [4.78, 5) is 15.1. The van der Waals surface area contributed by atoms with E-state index in [4.69, 9.17) is 4.74 Å². The van der Waals surface area contributed by atoms with Crippen molar-refractivity contribution in [1.82, 2.24) is 10.2 Å². The van der Waals surface area contributed by atoms with Gasteiger partial charge in [-0.2, -0.15) is 0 Å². The van der Waals surface area contributed by atoms with Gasteiger partial charge in [-0.05, 0) is 58.1 Å². The van der Waals surface area contributed by atoms with Crippen molar-refractivity contribution in [2.24, 2.45) is 0 Å². The summed E-state index contributed by atoms with van der Waals surface area (Å²) in [6, 6.07) is 14.4. The maximum absolute atomic E-state index is 12.6. The van der Waals surface area contributed by atoms with E-state index in [1.165, 1.54) is 11.1 Å². The number of rotatable bonds is 6. The van der Waals surface area contributed by atoms with Crippen molar-refractivity contribution >= 4 is 21.8 Å². The average Bonchev–Trinajstić information content (AvgIpc) is 2.68. The molecular formula is C21H25BrN2O2. The first-order valence-electron chi connectivity index (χ1n) is 9.05. The largest absolute Gasteiger partial charge is 0.497 e. The summed E-state index contributed by atoms with van der Waals surface area (Å²) in [5, 5.41) is 3.10. The first kappa shape index (κ1) is 18.9. The van der Waals surface area contributed by atoms with Gasteiger partial charge in [0.05, 0.1) is 12.7 Å². The standard InChI is InChI=1S/C21H25BrN2O2/c1-3-17(24-11-10-15-6-4-5-7-16(15)14-24)13-23-21(25)19-12-18(26-2)8-9-20(19)22/h4-9,12,17H,3,10-11,13-14H2,1-2H3,(H,23,25)/t17-/m0/s1. The highest BCUT2D eigenvalue weighted by molar-refractivity contribution is 9.10. The first-order chi connectivity index (χ1) is 12.6. The van der Waals surface area contributed by atoms with E-state index in [0.29, 0.717) is 23.9 Å². The van der Waals surface area contributed by atoms with Crippen LogP contribution >= 0.6 is 15.9 Å². The van der Waals surface area contributed by atoms with Crippen LogP contribution in [0.25, 0.3) is 0 Å². The quantitative estimate of drug-likeness (QED) is 0.772. The van der Waals surface area contributed by atoms with Gasteiger partial charge in [0.1, 0.15) is 5.75 Å². The number of amides is 1. The third kappa shape index (κ3) is 4.27. The van der Waals surface area contributed by atoms with E-state index in [1.54, 1.807) is 13.2 Å². The van der Waals surface area contributed by atoms with Crippen LogP contribution in [0.4, 0.5) is 0 Å². The zero-order valence-corrected chi connectivity index (χ0v) is 16.9. The minimum absolute atomic E-state index is 0.0772. The molecule has 4 nitrogen and oxygen atoms in total. The second kappa shape index (κ2) is 8.69. The van der Waals surface area contributed by atoms with Crippen LogP contribution in [0, 0.1) is 0 Å². The van der Waals surface area contributed by atoms with Crippen molar-refractivity contribution in [1.29, 1.82) is 0 Å². The van der Waals surface area contributed by atoms with E-state index >= 15 is 0 Å². The molecule has 1 heterocycles. The average molecular weight is 417 g/mol. The normalized spacial score (nSPS) is 15.2. The highest BCUT2D eigenvalue weighted by atomic mass is 79.9. The van der Waals surface area contributed by atoms with Gasteiger partial charge in [0, 0.05) is 30.1 Å². The molecule has 5 heteroatoms. The van der Waals surface area contributed by atoms with Crippen molar-refractivity contribution in [3.8, 4) is 5.75 Å². The van der Waals surface area contributed by atoms with Crippen LogP contribution < -0.4 is 10.1 Å². The van der Waals surface area contributed by atoms with Gasteiger partial charge in [0.15, 0.2) is 0 Å². The summed E-state index contributed by atoms with van der Waals surface area (Å²) in [5.41, 5.74) is 3.45. The molecule has 0 spiro atoms. The minimum Gasteiger partial charge on any atom is -0.497 e. The molecule has 0 radical (unpaired) electrons. The van der Waals surface area contributed by atoms with Crippen LogP contribution in [0.2, 0.25) is 0 Å². The summed E-state index contributed by atoms with van der Waals surface area (Å²) in [6.07, 6.45) is 2.07. The Morgan fingerprint density at radius 1 is 1.27 bits per heavy atom. The van der Waals surface area contributed by atoms with Gasteiger partial charge in [-0.1, -0.05) is 31.2 Å². The third-order valence-corrected chi connectivity index (χ3v) is 5.76. The van der Waals surface area contributed by atoms with Crippen LogP contribution in [0.1, 0.15) is 34.8 Å². The summed E-state index contributed by atoms with van der Waals surface area (Å²) in [7, 11) is 1.60. The van der Waals surface area contributed by atoms with E-state index in [-0.39, 0.29) is 5.91 Å². The highest BCUT2D eigenvalue weighted by Gasteiger charge is 2.23. The lowest BCUT2D eigenvalue weighted by Crippen LogP contribution is -2.45. The maximum Gasteiger partial charge on any atom is 0.252 e. The fourth-order valence-electron chi connectivity index (χ4n) is 3.47. The smallest absolute Gasteiger partial charge is 0.252 e. The molecule has 2 aromatic carbocycles. The number of carbonyl (C=O) groups is 1. The van der Waals surface area contributed by atoms with Crippen molar-refractivity contribution in [2.45, 2.75) is 32.4 Å². The molecule has 1 atom stereocenters. The van der Waals surface area contributed by atoms with Gasteiger partial charge < -0.3 is 10.1 Å². The van der Waals surface area contributed by atoms with Crippen molar-refractivity contribution in [3.05, 3.63) is 63.6 Å². The van der Waals surface area contributed by atoms with Crippen LogP contribution in [-0.4, -0.2) is 37.0 Å². The van der Waals surface area contributed by atoms with Crippen molar-refractivity contribution in [3.63, 3.8) is 0 Å². The van der Waals surface area contributed by atoms with Gasteiger partial charge in [0.2, 0.25) is 0 Å². The molecule has 0 aromatic heterocycles.